The molecule has 3 N–H and O–H groups in total. The van der Waals surface area contributed by atoms with Crippen molar-refractivity contribution in [3.05, 3.63) is 41.2 Å². The third-order valence-corrected chi connectivity index (χ3v) is 6.74. The van der Waals surface area contributed by atoms with Crippen LogP contribution in [0.1, 0.15) is 109 Å². The van der Waals surface area contributed by atoms with Gasteiger partial charge in [-0.05, 0) is 44.4 Å². The molecular weight excluding hydrogens is 460 g/mol. The smallest absolute Gasteiger partial charge is 0.260 e. The van der Waals surface area contributed by atoms with Crippen LogP contribution in [0.25, 0.3) is 11.0 Å². The largest absolute Gasteiger partial charge is 0.472 e. The second-order valence-electron chi connectivity index (χ2n) is 10.4. The first-order valence-corrected chi connectivity index (χ1v) is 14.5. The van der Waals surface area contributed by atoms with Gasteiger partial charge in [0, 0.05) is 19.5 Å². The highest BCUT2D eigenvalue weighted by Gasteiger charge is 2.20. The fourth-order valence-electron chi connectivity index (χ4n) is 4.65. The maximum atomic E-state index is 6.18. The molecule has 0 unspecified atom stereocenters. The fourth-order valence-corrected chi connectivity index (χ4v) is 4.65. The first-order chi connectivity index (χ1) is 18.0. The van der Waals surface area contributed by atoms with E-state index in [1.54, 1.807) is 0 Å². The van der Waals surface area contributed by atoms with E-state index < -0.39 is 0 Å². The van der Waals surface area contributed by atoms with Crippen molar-refractivity contribution in [3.8, 4) is 5.88 Å². The number of imidazole rings is 1. The maximum absolute atomic E-state index is 6.18. The van der Waals surface area contributed by atoms with Crippen molar-refractivity contribution in [2.45, 2.75) is 118 Å². The van der Waals surface area contributed by atoms with Crippen LogP contribution in [0.4, 0.5) is 5.82 Å². The van der Waals surface area contributed by atoms with Crippen molar-refractivity contribution in [1.82, 2.24) is 25.1 Å². The van der Waals surface area contributed by atoms with Gasteiger partial charge in [-0.25, -0.2) is 4.98 Å². The number of hydrogen-bond acceptors (Lipinski definition) is 6. The zero-order valence-electron chi connectivity index (χ0n) is 23.6. The summed E-state index contributed by atoms with van der Waals surface area (Å²) in [5, 5.41) is 12.0. The van der Waals surface area contributed by atoms with Crippen LogP contribution in [0.2, 0.25) is 0 Å². The highest BCUT2D eigenvalue weighted by Crippen LogP contribution is 2.29. The Hall–Kier alpha value is -2.67. The van der Waals surface area contributed by atoms with E-state index in [9.17, 15) is 0 Å². The normalized spacial score (nSPS) is 11.6. The summed E-state index contributed by atoms with van der Waals surface area (Å²) in [4.78, 5) is 4.87. The minimum Gasteiger partial charge on any atom is -0.472 e. The van der Waals surface area contributed by atoms with Gasteiger partial charge in [-0.15, -0.1) is 10.2 Å². The molecule has 0 aliphatic rings. The Morgan fingerprint density at radius 1 is 0.865 bits per heavy atom. The zero-order valence-corrected chi connectivity index (χ0v) is 23.6. The first kappa shape index (κ1) is 28.9. The Bertz CT molecular complexity index is 1060. The van der Waals surface area contributed by atoms with Gasteiger partial charge in [0.25, 0.3) is 5.88 Å². The number of nitrogens with zero attached hydrogens (tertiary/aromatic N) is 4. The van der Waals surface area contributed by atoms with Crippen molar-refractivity contribution in [2.75, 3.05) is 12.3 Å². The molecule has 0 aliphatic heterocycles. The molecule has 0 aliphatic carbocycles. The number of fused-ring (bicyclic) bond motifs is 1. The van der Waals surface area contributed by atoms with Crippen LogP contribution in [0.5, 0.6) is 5.88 Å². The van der Waals surface area contributed by atoms with E-state index >= 15 is 0 Å². The summed E-state index contributed by atoms with van der Waals surface area (Å²) in [6.07, 6.45) is 13.9. The van der Waals surface area contributed by atoms with E-state index in [-0.39, 0.29) is 6.10 Å². The summed E-state index contributed by atoms with van der Waals surface area (Å²) in [5.74, 6) is 1.85. The molecule has 0 saturated carbocycles. The highest BCUT2D eigenvalue weighted by atomic mass is 16.5. The quantitative estimate of drug-likeness (QED) is 0.183. The number of ether oxygens (including phenoxy) is 1. The molecule has 0 saturated heterocycles. The van der Waals surface area contributed by atoms with Gasteiger partial charge in [-0.1, -0.05) is 89.5 Å². The van der Waals surface area contributed by atoms with Gasteiger partial charge >= 0.3 is 0 Å². The number of nitrogens with one attached hydrogen (secondary N) is 1. The molecule has 0 fully saturated rings. The molecule has 7 nitrogen and oxygen atoms in total. The lowest BCUT2D eigenvalue weighted by atomic mass is 10.1. The number of hydrogen-bond donors (Lipinski definition) is 2. The predicted octanol–water partition coefficient (Wildman–Crippen LogP) is 6.82. The number of aromatic nitrogens is 4. The van der Waals surface area contributed by atoms with Gasteiger partial charge in [0.05, 0.1) is 6.10 Å². The standard InChI is InChI=1S/C30H48N6O/c1-5-7-9-10-11-12-13-14-20-32-21-24-16-18-25(19-17-24)22-36-26(15-8-6-2)33-27-28(36)30(37-23(3)4)35-34-29(27)31/h16-19,23,32H,5-15,20-22H2,1-4H3,(H2,31,34). The SMILES string of the molecule is CCCCCCCCCCNCc1ccc(Cn2c(CCCC)nc3c(N)nnc(OC(C)C)c32)cc1. The lowest BCUT2D eigenvalue weighted by molar-refractivity contribution is 0.232. The molecule has 0 atom stereocenters. The Labute approximate surface area is 223 Å². The summed E-state index contributed by atoms with van der Waals surface area (Å²) in [7, 11) is 0. The monoisotopic (exact) mass is 508 g/mol. The molecule has 204 valence electrons. The summed E-state index contributed by atoms with van der Waals surface area (Å²) in [5.41, 5.74) is 10.2. The summed E-state index contributed by atoms with van der Waals surface area (Å²) >= 11 is 0. The Morgan fingerprint density at radius 3 is 2.19 bits per heavy atom. The predicted molar refractivity (Wildman–Crippen MR) is 154 cm³/mol. The zero-order chi connectivity index (χ0) is 26.5. The van der Waals surface area contributed by atoms with Gasteiger partial charge in [0.1, 0.15) is 16.9 Å². The van der Waals surface area contributed by atoms with E-state index in [0.717, 1.165) is 43.7 Å². The average molecular weight is 509 g/mol. The van der Waals surface area contributed by atoms with E-state index in [4.69, 9.17) is 15.5 Å². The van der Waals surface area contributed by atoms with E-state index in [1.807, 2.05) is 13.8 Å². The number of rotatable bonds is 18. The molecule has 3 aromatic rings. The van der Waals surface area contributed by atoms with E-state index in [2.05, 4.69) is 58.2 Å². The number of benzene rings is 1. The molecule has 3 rings (SSSR count). The van der Waals surface area contributed by atoms with E-state index in [1.165, 1.54) is 62.5 Å². The van der Waals surface area contributed by atoms with Crippen LogP contribution in [0.3, 0.4) is 0 Å². The van der Waals surface area contributed by atoms with E-state index in [0.29, 0.717) is 23.8 Å². The van der Waals surface area contributed by atoms with Gasteiger partial charge in [0.2, 0.25) is 0 Å². The average Bonchev–Trinajstić information content (AvgIpc) is 3.25. The molecule has 0 spiro atoms. The molecule has 37 heavy (non-hydrogen) atoms. The second-order valence-corrected chi connectivity index (χ2v) is 10.4. The van der Waals surface area contributed by atoms with Gasteiger partial charge in [-0.3, -0.25) is 0 Å². The van der Waals surface area contributed by atoms with Crippen LogP contribution in [0.15, 0.2) is 24.3 Å². The maximum Gasteiger partial charge on any atom is 0.260 e. The van der Waals surface area contributed by atoms with Crippen LogP contribution in [-0.4, -0.2) is 32.4 Å². The van der Waals surface area contributed by atoms with Crippen LogP contribution < -0.4 is 15.8 Å². The summed E-state index contributed by atoms with van der Waals surface area (Å²) in [6.45, 7) is 11.1. The van der Waals surface area contributed by atoms with Crippen molar-refractivity contribution in [3.63, 3.8) is 0 Å². The third kappa shape index (κ3) is 8.99. The lowest BCUT2D eigenvalue weighted by Crippen LogP contribution is -2.14. The van der Waals surface area contributed by atoms with Crippen molar-refractivity contribution < 1.29 is 4.74 Å². The Kier molecular flexibility index (Phi) is 12.1. The summed E-state index contributed by atoms with van der Waals surface area (Å²) < 4.78 is 8.21. The molecule has 0 amide bonds. The molecule has 7 heteroatoms. The van der Waals surface area contributed by atoms with Crippen LogP contribution >= 0.6 is 0 Å². The number of nitrogen functional groups attached to an aromatic ring is 1. The molecule has 0 radical (unpaired) electrons. The molecular formula is C30H48N6O. The molecule has 2 heterocycles. The third-order valence-electron chi connectivity index (χ3n) is 6.74. The number of aryl methyl sites for hydroxylation is 1. The van der Waals surface area contributed by atoms with Gasteiger partial charge in [-0.2, -0.15) is 0 Å². The fraction of sp³-hybridized carbons (Fsp3) is 0.633. The molecule has 0 bridgehead atoms. The molecule has 1 aromatic carbocycles. The first-order valence-electron chi connectivity index (χ1n) is 14.5. The second kappa shape index (κ2) is 15.6. The van der Waals surface area contributed by atoms with Crippen molar-refractivity contribution in [1.29, 1.82) is 0 Å². The van der Waals surface area contributed by atoms with Crippen molar-refractivity contribution in [2.24, 2.45) is 0 Å². The Balaban J connectivity index is 1.60. The van der Waals surface area contributed by atoms with Gasteiger partial charge < -0.3 is 20.4 Å². The van der Waals surface area contributed by atoms with Gasteiger partial charge in [0.15, 0.2) is 5.82 Å². The molecule has 2 aromatic heterocycles. The van der Waals surface area contributed by atoms with Crippen molar-refractivity contribution >= 4 is 16.9 Å². The van der Waals surface area contributed by atoms with Crippen LogP contribution in [-0.2, 0) is 19.5 Å². The van der Waals surface area contributed by atoms with Crippen LogP contribution in [0, 0.1) is 0 Å². The number of anilines is 1. The minimum atomic E-state index is -0.0128. The topological polar surface area (TPSA) is 90.9 Å². The summed E-state index contributed by atoms with van der Waals surface area (Å²) in [6, 6.07) is 8.87. The number of nitrogens with two attached hydrogens (primary N) is 1. The minimum absolute atomic E-state index is 0.0128. The lowest BCUT2D eigenvalue weighted by Gasteiger charge is -2.14. The Morgan fingerprint density at radius 2 is 1.51 bits per heavy atom. The number of unbranched alkanes of at least 4 members (excludes halogenated alkanes) is 8. The highest BCUT2D eigenvalue weighted by molar-refractivity contribution is 5.88.